The van der Waals surface area contributed by atoms with Gasteiger partial charge in [-0.15, -0.1) is 0 Å². The first kappa shape index (κ1) is 17.2. The average Bonchev–Trinajstić information content (AvgIpc) is 2.94. The Kier molecular flexibility index (Phi) is 4.78. The number of hydrogen-bond donors (Lipinski definition) is 0. The Morgan fingerprint density at radius 1 is 1.21 bits per heavy atom. The minimum atomic E-state index is -2.86. The minimum absolute atomic E-state index is 0.00787. The maximum Gasteiger partial charge on any atom is 0.255 e. The lowest BCUT2D eigenvalue weighted by Crippen LogP contribution is -2.52. The normalized spacial score (nSPS) is 24.1. The van der Waals surface area contributed by atoms with Crippen molar-refractivity contribution in [3.63, 3.8) is 0 Å². The smallest absolute Gasteiger partial charge is 0.255 e. The van der Waals surface area contributed by atoms with Gasteiger partial charge in [0, 0.05) is 52.5 Å². The molecule has 8 heteroatoms. The molecule has 0 saturated carbocycles. The number of hydrogen-bond acceptors (Lipinski definition) is 6. The lowest BCUT2D eigenvalue weighted by Gasteiger charge is -2.37. The summed E-state index contributed by atoms with van der Waals surface area (Å²) in [6.07, 6.45) is 2.33. The monoisotopic (exact) mass is 352 g/mol. The molecule has 3 heterocycles. The van der Waals surface area contributed by atoms with Crippen LogP contribution in [0.3, 0.4) is 0 Å². The first-order valence-corrected chi connectivity index (χ1v) is 10.0. The summed E-state index contributed by atoms with van der Waals surface area (Å²) in [6.45, 7) is 2.72. The molecule has 0 N–H and O–H groups in total. The molecule has 132 valence electrons. The Bertz CT molecular complexity index is 695. The summed E-state index contributed by atoms with van der Waals surface area (Å²) in [7, 11) is 0.955. The molecule has 2 fully saturated rings. The third-order valence-corrected chi connectivity index (χ3v) is 6.53. The lowest BCUT2D eigenvalue weighted by molar-refractivity contribution is 0.0587. The van der Waals surface area contributed by atoms with Gasteiger partial charge < -0.3 is 9.80 Å². The second kappa shape index (κ2) is 6.68. The second-order valence-corrected chi connectivity index (χ2v) is 8.91. The topological polar surface area (TPSA) is 73.8 Å². The first-order valence-electron chi connectivity index (χ1n) is 8.23. The fraction of sp³-hybridized carbons (Fsp3) is 0.625. The number of anilines is 1. The molecule has 1 aromatic heterocycles. The van der Waals surface area contributed by atoms with Gasteiger partial charge in [-0.25, -0.2) is 13.4 Å². The van der Waals surface area contributed by atoms with E-state index in [4.69, 9.17) is 0 Å². The molecule has 0 bridgehead atoms. The zero-order chi connectivity index (χ0) is 17.3. The van der Waals surface area contributed by atoms with Crippen LogP contribution in [-0.4, -0.2) is 86.9 Å². The van der Waals surface area contributed by atoms with Crippen LogP contribution in [0.2, 0.25) is 0 Å². The zero-order valence-corrected chi connectivity index (χ0v) is 15.0. The van der Waals surface area contributed by atoms with Crippen molar-refractivity contribution in [1.29, 1.82) is 0 Å². The van der Waals surface area contributed by atoms with Gasteiger partial charge >= 0.3 is 0 Å². The van der Waals surface area contributed by atoms with Gasteiger partial charge in [-0.1, -0.05) is 0 Å². The Morgan fingerprint density at radius 3 is 2.42 bits per heavy atom. The van der Waals surface area contributed by atoms with Gasteiger partial charge in [0.15, 0.2) is 9.84 Å². The van der Waals surface area contributed by atoms with Gasteiger partial charge in [-0.05, 0) is 18.6 Å². The van der Waals surface area contributed by atoms with Crippen molar-refractivity contribution in [2.75, 3.05) is 56.7 Å². The summed E-state index contributed by atoms with van der Waals surface area (Å²) in [5.74, 6) is 1.36. The van der Waals surface area contributed by atoms with Crippen LogP contribution in [-0.2, 0) is 9.84 Å². The third-order valence-electron chi connectivity index (χ3n) is 4.78. The molecule has 7 nitrogen and oxygen atoms in total. The van der Waals surface area contributed by atoms with E-state index in [0.717, 1.165) is 18.9 Å². The van der Waals surface area contributed by atoms with Crippen molar-refractivity contribution >= 4 is 21.6 Å². The van der Waals surface area contributed by atoms with Gasteiger partial charge in [-0.2, -0.15) is 0 Å². The van der Waals surface area contributed by atoms with E-state index in [-0.39, 0.29) is 17.7 Å². The number of rotatable bonds is 3. The van der Waals surface area contributed by atoms with Crippen molar-refractivity contribution in [2.45, 2.75) is 12.5 Å². The molecule has 2 aliphatic heterocycles. The number of amides is 1. The number of nitrogens with zero attached hydrogens (tertiary/aromatic N) is 4. The van der Waals surface area contributed by atoms with Gasteiger partial charge in [0.05, 0.1) is 17.1 Å². The van der Waals surface area contributed by atoms with Crippen molar-refractivity contribution in [1.82, 2.24) is 14.8 Å². The predicted octanol–water partition coefficient (Wildman–Crippen LogP) is 0.0925. The largest absolute Gasteiger partial charge is 0.363 e. The highest BCUT2D eigenvalue weighted by Crippen LogP contribution is 2.20. The van der Waals surface area contributed by atoms with E-state index >= 15 is 0 Å². The molecule has 1 amide bonds. The molecule has 0 aliphatic carbocycles. The SMILES string of the molecule is CN(C)c1ccc(C(=O)N2CCN(C3CCS(=O)(=O)C3)CC2)cn1. The zero-order valence-electron chi connectivity index (χ0n) is 14.2. The van der Waals surface area contributed by atoms with Crippen molar-refractivity contribution < 1.29 is 13.2 Å². The molecule has 0 radical (unpaired) electrons. The molecule has 2 aliphatic rings. The van der Waals surface area contributed by atoms with Crippen LogP contribution in [0.25, 0.3) is 0 Å². The molecule has 0 aromatic carbocycles. The van der Waals surface area contributed by atoms with Crippen molar-refractivity contribution in [2.24, 2.45) is 0 Å². The average molecular weight is 352 g/mol. The number of carbonyl (C=O) groups excluding carboxylic acids is 1. The summed E-state index contributed by atoms with van der Waals surface area (Å²) in [5.41, 5.74) is 0.595. The maximum atomic E-state index is 12.6. The Balaban J connectivity index is 1.57. The van der Waals surface area contributed by atoms with Crippen LogP contribution in [0, 0.1) is 0 Å². The molecule has 1 aromatic rings. The van der Waals surface area contributed by atoms with Gasteiger partial charge in [-0.3, -0.25) is 9.69 Å². The summed E-state index contributed by atoms with van der Waals surface area (Å²) < 4.78 is 23.2. The minimum Gasteiger partial charge on any atom is -0.363 e. The molecular formula is C16H24N4O3S. The Hall–Kier alpha value is -1.67. The van der Waals surface area contributed by atoms with Crippen LogP contribution in [0.15, 0.2) is 18.3 Å². The number of carbonyl (C=O) groups is 1. The molecule has 24 heavy (non-hydrogen) atoms. The van der Waals surface area contributed by atoms with Crippen LogP contribution < -0.4 is 4.90 Å². The standard InChI is InChI=1S/C16H24N4O3S/c1-18(2)15-4-3-13(11-17-15)16(21)20-8-6-19(7-9-20)14-5-10-24(22,23)12-14/h3-4,11,14H,5-10,12H2,1-2H3. The second-order valence-electron chi connectivity index (χ2n) is 6.68. The van der Waals surface area contributed by atoms with Gasteiger partial charge in [0.25, 0.3) is 5.91 Å². The van der Waals surface area contributed by atoms with Gasteiger partial charge in [0.2, 0.25) is 0 Å². The van der Waals surface area contributed by atoms with E-state index in [2.05, 4.69) is 9.88 Å². The summed E-state index contributed by atoms with van der Waals surface area (Å²) >= 11 is 0. The molecular weight excluding hydrogens is 328 g/mol. The highest BCUT2D eigenvalue weighted by Gasteiger charge is 2.34. The van der Waals surface area contributed by atoms with Crippen LogP contribution in [0.1, 0.15) is 16.8 Å². The summed E-state index contributed by atoms with van der Waals surface area (Å²) in [5, 5.41) is 0. The summed E-state index contributed by atoms with van der Waals surface area (Å²) in [4.78, 5) is 22.8. The van der Waals surface area contributed by atoms with Crippen molar-refractivity contribution in [3.8, 4) is 0 Å². The van der Waals surface area contributed by atoms with Crippen molar-refractivity contribution in [3.05, 3.63) is 23.9 Å². The molecule has 1 unspecified atom stereocenters. The number of aromatic nitrogens is 1. The van der Waals surface area contributed by atoms with E-state index in [1.807, 2.05) is 30.0 Å². The summed E-state index contributed by atoms with van der Waals surface area (Å²) in [6, 6.07) is 3.77. The van der Waals surface area contributed by atoms with E-state index in [0.29, 0.717) is 30.8 Å². The maximum absolute atomic E-state index is 12.6. The highest BCUT2D eigenvalue weighted by molar-refractivity contribution is 7.91. The van der Waals surface area contributed by atoms with E-state index in [9.17, 15) is 13.2 Å². The highest BCUT2D eigenvalue weighted by atomic mass is 32.2. The quantitative estimate of drug-likeness (QED) is 0.768. The molecule has 3 rings (SSSR count). The lowest BCUT2D eigenvalue weighted by atomic mass is 10.1. The van der Waals surface area contributed by atoms with Crippen LogP contribution in [0.5, 0.6) is 0 Å². The number of piperazine rings is 1. The van der Waals surface area contributed by atoms with E-state index < -0.39 is 9.84 Å². The number of sulfone groups is 1. The fourth-order valence-electron chi connectivity index (χ4n) is 3.31. The van der Waals surface area contributed by atoms with E-state index in [1.165, 1.54) is 0 Å². The van der Waals surface area contributed by atoms with Crippen LogP contribution >= 0.6 is 0 Å². The molecule has 2 saturated heterocycles. The third kappa shape index (κ3) is 3.70. The predicted molar refractivity (Wildman–Crippen MR) is 93.1 cm³/mol. The number of pyridine rings is 1. The van der Waals surface area contributed by atoms with Gasteiger partial charge in [0.1, 0.15) is 5.82 Å². The Labute approximate surface area is 143 Å². The fourth-order valence-corrected chi connectivity index (χ4v) is 5.07. The van der Waals surface area contributed by atoms with E-state index in [1.54, 1.807) is 12.3 Å². The molecule has 0 spiro atoms. The van der Waals surface area contributed by atoms with Crippen LogP contribution in [0.4, 0.5) is 5.82 Å². The Morgan fingerprint density at radius 2 is 1.92 bits per heavy atom. The molecule has 1 atom stereocenters. The first-order chi connectivity index (χ1) is 11.4.